The first-order valence-corrected chi connectivity index (χ1v) is 6.08. The first-order valence-electron chi connectivity index (χ1n) is 6.08. The minimum Gasteiger partial charge on any atom is -0.486 e. The molecule has 0 saturated carbocycles. The predicted molar refractivity (Wildman–Crippen MR) is 74.1 cm³/mol. The average Bonchev–Trinajstić information content (AvgIpc) is 2.48. The van der Waals surface area contributed by atoms with Crippen LogP contribution in [0.2, 0.25) is 0 Å². The number of benzene rings is 2. The molecule has 2 aromatic rings. The highest BCUT2D eigenvalue weighted by atomic mass is 19.1. The van der Waals surface area contributed by atoms with Crippen LogP contribution in [0.1, 0.15) is 11.1 Å². The third-order valence-corrected chi connectivity index (χ3v) is 2.82. The van der Waals surface area contributed by atoms with E-state index in [4.69, 9.17) is 11.3 Å². The molecule has 0 radical (unpaired) electrons. The van der Waals surface area contributed by atoms with Crippen LogP contribution in [0.25, 0.3) is 4.85 Å². The lowest BCUT2D eigenvalue weighted by atomic mass is 10.1. The molecule has 2 aromatic carbocycles. The van der Waals surface area contributed by atoms with Gasteiger partial charge >= 0.3 is 0 Å². The van der Waals surface area contributed by atoms with Gasteiger partial charge in [-0.3, -0.25) is 10.1 Å². The van der Waals surface area contributed by atoms with Crippen molar-refractivity contribution in [2.75, 3.05) is 0 Å². The molecule has 0 aliphatic carbocycles. The second-order valence-corrected chi connectivity index (χ2v) is 4.26. The molecule has 0 aromatic heterocycles. The maximum atomic E-state index is 13.8. The van der Waals surface area contributed by atoms with E-state index in [0.717, 1.165) is 11.6 Å². The molecule has 0 aliphatic rings. The molecule has 5 nitrogen and oxygen atoms in total. The summed E-state index contributed by atoms with van der Waals surface area (Å²) in [5.74, 6) is -0.908. The Morgan fingerprint density at radius 1 is 1.29 bits per heavy atom. The summed E-state index contributed by atoms with van der Waals surface area (Å²) in [5, 5.41) is 10.8. The topological polar surface area (TPSA) is 56.7 Å². The molecule has 0 N–H and O–H groups in total. The summed E-state index contributed by atoms with van der Waals surface area (Å²) in [6.07, 6.45) is 0. The van der Waals surface area contributed by atoms with Crippen LogP contribution in [0.5, 0.6) is 5.75 Å². The highest BCUT2D eigenvalue weighted by molar-refractivity contribution is 5.47. The monoisotopic (exact) mass is 286 g/mol. The van der Waals surface area contributed by atoms with Crippen molar-refractivity contribution in [2.24, 2.45) is 0 Å². The summed E-state index contributed by atoms with van der Waals surface area (Å²) < 4.78 is 19.2. The molecule has 2 rings (SSSR count). The van der Waals surface area contributed by atoms with Crippen molar-refractivity contribution in [3.8, 4) is 5.75 Å². The Bertz CT molecular complexity index is 696. The van der Waals surface area contributed by atoms with Crippen LogP contribution < -0.4 is 4.74 Å². The molecular formula is C15H11FN2O3. The Kier molecular flexibility index (Phi) is 4.46. The molecule has 0 amide bonds. The first kappa shape index (κ1) is 14.5. The van der Waals surface area contributed by atoms with Crippen molar-refractivity contribution in [1.82, 2.24) is 0 Å². The number of hydrogen-bond donors (Lipinski definition) is 0. The lowest BCUT2D eigenvalue weighted by molar-refractivity contribution is -0.385. The van der Waals surface area contributed by atoms with Gasteiger partial charge in [-0.2, -0.15) is 0 Å². The zero-order valence-electron chi connectivity index (χ0n) is 11.0. The van der Waals surface area contributed by atoms with Crippen molar-refractivity contribution in [3.63, 3.8) is 0 Å². The number of hydrogen-bond acceptors (Lipinski definition) is 3. The Hall–Kier alpha value is -2.94. The minimum absolute atomic E-state index is 0.0943. The van der Waals surface area contributed by atoms with Crippen LogP contribution in [0.15, 0.2) is 42.5 Å². The van der Waals surface area contributed by atoms with Gasteiger partial charge in [0.15, 0.2) is 11.6 Å². The Morgan fingerprint density at radius 3 is 2.62 bits per heavy atom. The van der Waals surface area contributed by atoms with Crippen LogP contribution in [0, 0.1) is 22.5 Å². The Balaban J connectivity index is 2.25. The van der Waals surface area contributed by atoms with Crippen molar-refractivity contribution >= 4 is 5.69 Å². The predicted octanol–water partition coefficient (Wildman–Crippen LogP) is 3.73. The fourth-order valence-electron chi connectivity index (χ4n) is 1.81. The maximum Gasteiger partial charge on any atom is 0.283 e. The summed E-state index contributed by atoms with van der Waals surface area (Å²) in [5.41, 5.74) is 0.581. The standard InChI is InChI=1S/C15H11FN2O3/c1-17-9-12-7-15(13(16)8-14(12)18(19)20)21-10-11-5-3-2-4-6-11/h2-8H,9-10H2. The third kappa shape index (κ3) is 3.54. The van der Waals surface area contributed by atoms with Crippen molar-refractivity contribution in [3.05, 3.63) is 80.9 Å². The molecule has 0 saturated heterocycles. The molecular weight excluding hydrogens is 275 g/mol. The van der Waals surface area contributed by atoms with Gasteiger partial charge in [0, 0.05) is 6.07 Å². The maximum absolute atomic E-state index is 13.8. The van der Waals surface area contributed by atoms with Crippen LogP contribution in [-0.2, 0) is 13.2 Å². The molecule has 0 aliphatic heterocycles. The number of nitrogens with zero attached hydrogens (tertiary/aromatic N) is 2. The smallest absolute Gasteiger partial charge is 0.283 e. The fourth-order valence-corrected chi connectivity index (χ4v) is 1.81. The normalized spacial score (nSPS) is 9.90. The van der Waals surface area contributed by atoms with Crippen LogP contribution in [-0.4, -0.2) is 4.92 Å². The molecule has 0 unspecified atom stereocenters. The second-order valence-electron chi connectivity index (χ2n) is 4.26. The summed E-state index contributed by atoms with van der Waals surface area (Å²) in [4.78, 5) is 13.2. The summed E-state index contributed by atoms with van der Waals surface area (Å²) in [6.45, 7) is 6.76. The largest absolute Gasteiger partial charge is 0.486 e. The van der Waals surface area contributed by atoms with Gasteiger partial charge in [-0.15, -0.1) is 0 Å². The van der Waals surface area contributed by atoms with E-state index in [1.807, 2.05) is 30.3 Å². The molecule has 0 fully saturated rings. The lowest BCUT2D eigenvalue weighted by Crippen LogP contribution is -2.01. The number of rotatable bonds is 5. The van der Waals surface area contributed by atoms with Crippen molar-refractivity contribution < 1.29 is 14.1 Å². The van der Waals surface area contributed by atoms with E-state index in [9.17, 15) is 14.5 Å². The molecule has 106 valence electrons. The molecule has 0 spiro atoms. The minimum atomic E-state index is -0.814. The van der Waals surface area contributed by atoms with E-state index >= 15 is 0 Å². The SMILES string of the molecule is [C-]#[N+]Cc1cc(OCc2ccccc2)c(F)cc1[N+](=O)[O-]. The van der Waals surface area contributed by atoms with Crippen LogP contribution in [0.4, 0.5) is 10.1 Å². The first-order chi connectivity index (χ1) is 10.1. The quantitative estimate of drug-likeness (QED) is 0.478. The number of nitro groups is 1. The highest BCUT2D eigenvalue weighted by Gasteiger charge is 2.20. The van der Waals surface area contributed by atoms with Crippen LogP contribution >= 0.6 is 0 Å². The lowest BCUT2D eigenvalue weighted by Gasteiger charge is -2.08. The van der Waals surface area contributed by atoms with Crippen molar-refractivity contribution in [1.29, 1.82) is 0 Å². The average molecular weight is 286 g/mol. The van der Waals surface area contributed by atoms with Gasteiger partial charge in [-0.05, 0) is 5.56 Å². The highest BCUT2D eigenvalue weighted by Crippen LogP contribution is 2.28. The molecule has 6 heteroatoms. The molecule has 0 atom stereocenters. The van der Waals surface area contributed by atoms with Gasteiger partial charge in [0.1, 0.15) is 12.2 Å². The number of halogens is 1. The molecule has 0 bridgehead atoms. The van der Waals surface area contributed by atoms with Crippen molar-refractivity contribution in [2.45, 2.75) is 13.2 Å². The molecule has 21 heavy (non-hydrogen) atoms. The number of ether oxygens (including phenoxy) is 1. The summed E-state index contributed by atoms with van der Waals surface area (Å²) in [6, 6.07) is 11.2. The van der Waals surface area contributed by atoms with E-state index in [2.05, 4.69) is 4.85 Å². The third-order valence-electron chi connectivity index (χ3n) is 2.82. The Morgan fingerprint density at radius 2 is 2.00 bits per heavy atom. The summed E-state index contributed by atoms with van der Waals surface area (Å²) in [7, 11) is 0. The fraction of sp³-hybridized carbons (Fsp3) is 0.133. The van der Waals surface area contributed by atoms with Gasteiger partial charge < -0.3 is 9.58 Å². The zero-order chi connectivity index (χ0) is 15.2. The van der Waals surface area contributed by atoms with Gasteiger partial charge in [0.25, 0.3) is 5.69 Å². The molecule has 0 heterocycles. The Labute approximate surface area is 120 Å². The van der Waals surface area contributed by atoms with Gasteiger partial charge in [0.05, 0.1) is 11.0 Å². The second kappa shape index (κ2) is 6.48. The van der Waals surface area contributed by atoms with E-state index in [1.54, 1.807) is 0 Å². The number of nitro benzene ring substituents is 1. The van der Waals surface area contributed by atoms with E-state index in [1.165, 1.54) is 6.07 Å². The van der Waals surface area contributed by atoms with Gasteiger partial charge in [-0.25, -0.2) is 11.0 Å². The van der Waals surface area contributed by atoms with Gasteiger partial charge in [0.2, 0.25) is 6.54 Å². The van der Waals surface area contributed by atoms with Crippen LogP contribution in [0.3, 0.4) is 0 Å². The summed E-state index contributed by atoms with van der Waals surface area (Å²) >= 11 is 0. The van der Waals surface area contributed by atoms with E-state index < -0.39 is 16.4 Å². The van der Waals surface area contributed by atoms with Gasteiger partial charge in [-0.1, -0.05) is 30.3 Å². The zero-order valence-corrected chi connectivity index (χ0v) is 11.0. The van der Waals surface area contributed by atoms with E-state index in [-0.39, 0.29) is 24.5 Å². The van der Waals surface area contributed by atoms with E-state index in [0.29, 0.717) is 0 Å².